The van der Waals surface area contributed by atoms with Crippen molar-refractivity contribution in [1.29, 1.82) is 0 Å². The normalized spacial score (nSPS) is 23.5. The molecule has 1 heterocycles. The summed E-state index contributed by atoms with van der Waals surface area (Å²) in [4.78, 5) is 4.10. The van der Waals surface area contributed by atoms with Crippen LogP contribution in [0, 0.1) is 0 Å². The van der Waals surface area contributed by atoms with Crippen LogP contribution in [0.25, 0.3) is 0 Å². The molecule has 4 N–H and O–H groups in total. The lowest BCUT2D eigenvalue weighted by molar-refractivity contribution is 0.421. The van der Waals surface area contributed by atoms with Crippen molar-refractivity contribution in [1.82, 2.24) is 9.71 Å². The SMILES string of the molecule is CSC1CCCC(NS(=O)(=O)c2ccnc(NN)c2)C1. The average Bonchev–Trinajstić information content (AvgIpc) is 2.47. The van der Waals surface area contributed by atoms with E-state index in [1.54, 1.807) is 11.8 Å². The summed E-state index contributed by atoms with van der Waals surface area (Å²) in [6.45, 7) is 0. The zero-order valence-electron chi connectivity index (χ0n) is 11.4. The monoisotopic (exact) mass is 316 g/mol. The first-order valence-electron chi connectivity index (χ1n) is 6.53. The van der Waals surface area contributed by atoms with Crippen LogP contribution in [-0.4, -0.2) is 30.9 Å². The summed E-state index contributed by atoms with van der Waals surface area (Å²) < 4.78 is 27.5. The summed E-state index contributed by atoms with van der Waals surface area (Å²) in [7, 11) is -3.52. The molecule has 0 radical (unpaired) electrons. The fraction of sp³-hybridized carbons (Fsp3) is 0.583. The second kappa shape index (κ2) is 6.75. The first kappa shape index (κ1) is 15.6. The fourth-order valence-corrected chi connectivity index (χ4v) is 4.53. The van der Waals surface area contributed by atoms with Gasteiger partial charge in [0.15, 0.2) is 0 Å². The quantitative estimate of drug-likeness (QED) is 0.560. The Balaban J connectivity index is 2.10. The molecule has 0 aromatic carbocycles. The van der Waals surface area contributed by atoms with Crippen molar-refractivity contribution < 1.29 is 8.42 Å². The molecule has 0 aliphatic heterocycles. The van der Waals surface area contributed by atoms with Crippen molar-refractivity contribution in [2.45, 2.75) is 41.9 Å². The van der Waals surface area contributed by atoms with Crippen molar-refractivity contribution >= 4 is 27.6 Å². The summed E-state index contributed by atoms with van der Waals surface area (Å²) in [6.07, 6.45) is 7.50. The van der Waals surface area contributed by atoms with Crippen LogP contribution in [0.5, 0.6) is 0 Å². The number of nitrogens with two attached hydrogens (primary N) is 1. The standard InChI is InChI=1S/C12H20N4O2S2/c1-19-10-4-2-3-9(7-10)16-20(17,18)11-5-6-14-12(8-11)15-13/h5-6,8-10,16H,2-4,7,13H2,1H3,(H,14,15). The van der Waals surface area contributed by atoms with Crippen molar-refractivity contribution in [3.05, 3.63) is 18.3 Å². The topological polar surface area (TPSA) is 97.1 Å². The Hall–Kier alpha value is -0.830. The van der Waals surface area contributed by atoms with Crippen molar-refractivity contribution in [2.75, 3.05) is 11.7 Å². The maximum Gasteiger partial charge on any atom is 0.241 e. The number of hydrazine groups is 1. The highest BCUT2D eigenvalue weighted by molar-refractivity contribution is 7.99. The Bertz CT molecular complexity index is 550. The van der Waals surface area contributed by atoms with E-state index in [-0.39, 0.29) is 10.9 Å². The van der Waals surface area contributed by atoms with Crippen LogP contribution in [-0.2, 0) is 10.0 Å². The molecule has 1 aliphatic carbocycles. The lowest BCUT2D eigenvalue weighted by Gasteiger charge is -2.28. The number of hydrogen-bond donors (Lipinski definition) is 3. The molecule has 2 unspecified atom stereocenters. The summed E-state index contributed by atoms with van der Waals surface area (Å²) in [5.74, 6) is 5.58. The summed E-state index contributed by atoms with van der Waals surface area (Å²) in [5, 5.41) is 0.537. The zero-order chi connectivity index (χ0) is 14.6. The van der Waals surface area contributed by atoms with Crippen LogP contribution >= 0.6 is 11.8 Å². The average molecular weight is 316 g/mol. The summed E-state index contributed by atoms with van der Waals surface area (Å²) >= 11 is 1.81. The van der Waals surface area contributed by atoms with E-state index < -0.39 is 10.0 Å². The third-order valence-corrected chi connectivity index (χ3v) is 6.08. The molecule has 1 fully saturated rings. The Morgan fingerprint density at radius 3 is 2.95 bits per heavy atom. The molecule has 0 bridgehead atoms. The van der Waals surface area contributed by atoms with Crippen molar-refractivity contribution in [3.8, 4) is 0 Å². The van der Waals surface area contributed by atoms with E-state index in [4.69, 9.17) is 5.84 Å². The molecule has 2 atom stereocenters. The van der Waals surface area contributed by atoms with Gasteiger partial charge in [-0.05, 0) is 31.6 Å². The molecule has 1 aliphatic rings. The molecule has 112 valence electrons. The van der Waals surface area contributed by atoms with Gasteiger partial charge in [-0.3, -0.25) is 0 Å². The van der Waals surface area contributed by atoms with E-state index in [2.05, 4.69) is 21.4 Å². The van der Waals surface area contributed by atoms with Crippen molar-refractivity contribution in [3.63, 3.8) is 0 Å². The maximum atomic E-state index is 12.3. The molecule has 6 nitrogen and oxygen atoms in total. The van der Waals surface area contributed by atoms with Gasteiger partial charge >= 0.3 is 0 Å². The minimum absolute atomic E-state index is 0.00801. The number of sulfonamides is 1. The van der Waals surface area contributed by atoms with Gasteiger partial charge in [0, 0.05) is 23.6 Å². The lowest BCUT2D eigenvalue weighted by atomic mass is 9.96. The van der Waals surface area contributed by atoms with Gasteiger partial charge in [0.1, 0.15) is 5.82 Å². The van der Waals surface area contributed by atoms with Gasteiger partial charge in [-0.15, -0.1) is 0 Å². The van der Waals surface area contributed by atoms with Gasteiger partial charge in [0.25, 0.3) is 0 Å². The number of nitrogens with zero attached hydrogens (tertiary/aromatic N) is 1. The van der Waals surface area contributed by atoms with E-state index >= 15 is 0 Å². The predicted octanol–water partition coefficient (Wildman–Crippen LogP) is 1.32. The van der Waals surface area contributed by atoms with E-state index in [0.717, 1.165) is 25.7 Å². The Kier molecular flexibility index (Phi) is 5.25. The fourth-order valence-electron chi connectivity index (χ4n) is 2.41. The van der Waals surface area contributed by atoms with E-state index in [9.17, 15) is 8.42 Å². The van der Waals surface area contributed by atoms with Gasteiger partial charge in [0.2, 0.25) is 10.0 Å². The highest BCUT2D eigenvalue weighted by Crippen LogP contribution is 2.27. The van der Waals surface area contributed by atoms with Crippen LogP contribution in [0.2, 0.25) is 0 Å². The third kappa shape index (κ3) is 3.85. The number of aromatic nitrogens is 1. The van der Waals surface area contributed by atoms with E-state index in [1.165, 1.54) is 18.3 Å². The maximum absolute atomic E-state index is 12.3. The number of hydrogen-bond acceptors (Lipinski definition) is 6. The largest absolute Gasteiger partial charge is 0.308 e. The number of rotatable bonds is 5. The molecule has 2 rings (SSSR count). The Morgan fingerprint density at radius 1 is 1.45 bits per heavy atom. The highest BCUT2D eigenvalue weighted by Gasteiger charge is 2.26. The van der Waals surface area contributed by atoms with E-state index in [0.29, 0.717) is 11.1 Å². The Labute approximate surface area is 123 Å². The second-order valence-electron chi connectivity index (χ2n) is 4.86. The van der Waals surface area contributed by atoms with Gasteiger partial charge in [-0.1, -0.05) is 6.42 Å². The first-order valence-corrected chi connectivity index (χ1v) is 9.30. The van der Waals surface area contributed by atoms with Gasteiger partial charge in [0.05, 0.1) is 4.90 Å². The van der Waals surface area contributed by atoms with Crippen molar-refractivity contribution in [2.24, 2.45) is 5.84 Å². The molecule has 8 heteroatoms. The predicted molar refractivity (Wildman–Crippen MR) is 81.9 cm³/mol. The summed E-state index contributed by atoms with van der Waals surface area (Å²) in [6, 6.07) is 2.91. The van der Waals surface area contributed by atoms with Gasteiger partial charge in [-0.25, -0.2) is 24.0 Å². The van der Waals surface area contributed by atoms with Crippen LogP contribution in [0.1, 0.15) is 25.7 Å². The van der Waals surface area contributed by atoms with Gasteiger partial charge < -0.3 is 5.43 Å². The number of anilines is 1. The number of thioether (sulfide) groups is 1. The second-order valence-corrected chi connectivity index (χ2v) is 7.72. The Morgan fingerprint density at radius 2 is 2.25 bits per heavy atom. The van der Waals surface area contributed by atoms with Crippen LogP contribution in [0.15, 0.2) is 23.2 Å². The first-order chi connectivity index (χ1) is 9.55. The molecule has 1 aromatic heterocycles. The van der Waals surface area contributed by atoms with Crippen LogP contribution in [0.4, 0.5) is 5.82 Å². The molecular weight excluding hydrogens is 296 g/mol. The van der Waals surface area contributed by atoms with E-state index in [1.807, 2.05) is 0 Å². The minimum Gasteiger partial charge on any atom is -0.308 e. The molecular formula is C12H20N4O2S2. The third-order valence-electron chi connectivity index (χ3n) is 3.47. The smallest absolute Gasteiger partial charge is 0.241 e. The number of nitrogens with one attached hydrogen (secondary N) is 2. The molecule has 0 spiro atoms. The molecule has 20 heavy (non-hydrogen) atoms. The number of pyridine rings is 1. The molecule has 0 amide bonds. The molecule has 1 saturated carbocycles. The minimum atomic E-state index is -3.52. The van der Waals surface area contributed by atoms with Crippen LogP contribution < -0.4 is 16.0 Å². The zero-order valence-corrected chi connectivity index (χ0v) is 13.0. The highest BCUT2D eigenvalue weighted by atomic mass is 32.2. The van der Waals surface area contributed by atoms with Crippen LogP contribution in [0.3, 0.4) is 0 Å². The molecule has 1 aromatic rings. The lowest BCUT2D eigenvalue weighted by Crippen LogP contribution is -2.39. The number of nitrogen functional groups attached to an aromatic ring is 1. The van der Waals surface area contributed by atoms with Gasteiger partial charge in [-0.2, -0.15) is 11.8 Å². The molecule has 0 saturated heterocycles. The summed E-state index contributed by atoms with van der Waals surface area (Å²) in [5.41, 5.74) is 2.35.